The topological polar surface area (TPSA) is 104 Å². The summed E-state index contributed by atoms with van der Waals surface area (Å²) in [5.41, 5.74) is 0.910. The molecule has 8 heteroatoms. The molecule has 3 N–H and O–H groups in total. The first-order chi connectivity index (χ1) is 13.4. The maximum absolute atomic E-state index is 12.5. The highest BCUT2D eigenvalue weighted by molar-refractivity contribution is 7.89. The van der Waals surface area contributed by atoms with Crippen molar-refractivity contribution in [1.29, 1.82) is 0 Å². The van der Waals surface area contributed by atoms with E-state index in [4.69, 9.17) is 0 Å². The molecule has 2 aromatic rings. The highest BCUT2D eigenvalue weighted by atomic mass is 32.2. The summed E-state index contributed by atoms with van der Waals surface area (Å²) in [6.45, 7) is 7.41. The van der Waals surface area contributed by atoms with E-state index in [0.717, 1.165) is 0 Å². The molecule has 0 atom stereocenters. The van der Waals surface area contributed by atoms with Gasteiger partial charge in [0.25, 0.3) is 11.8 Å². The van der Waals surface area contributed by atoms with Crippen LogP contribution in [0.5, 0.6) is 0 Å². The Kier molecular flexibility index (Phi) is 7.25. The molecule has 146 valence electrons. The summed E-state index contributed by atoms with van der Waals surface area (Å²) < 4.78 is 26.5. The minimum Gasteiger partial charge on any atom is -0.349 e. The van der Waals surface area contributed by atoms with E-state index < -0.39 is 15.9 Å². The number of hydrogen-bond donors (Lipinski definition) is 3. The standard InChI is InChI=1S/C20H21N3O4S/c1-3-13-21-20(25)17-7-5-6-8-18(17)23-19(24)15-9-11-16(12-10-15)28(26,27)22-14-4-2/h3-12,22H,1-2,13-14H2,(H,21,25)(H,23,24). The van der Waals surface area contributed by atoms with Crippen LogP contribution in [-0.2, 0) is 10.0 Å². The van der Waals surface area contributed by atoms with Crippen molar-refractivity contribution in [3.63, 3.8) is 0 Å². The first kappa shape index (κ1) is 21.1. The maximum Gasteiger partial charge on any atom is 0.255 e. The van der Waals surface area contributed by atoms with Crippen molar-refractivity contribution in [2.45, 2.75) is 4.90 Å². The predicted molar refractivity (Wildman–Crippen MR) is 109 cm³/mol. The van der Waals surface area contributed by atoms with Crippen molar-refractivity contribution in [3.8, 4) is 0 Å². The summed E-state index contributed by atoms with van der Waals surface area (Å²) in [6, 6.07) is 12.1. The Labute approximate surface area is 164 Å². The molecule has 0 saturated carbocycles. The minimum absolute atomic E-state index is 0.0371. The zero-order valence-corrected chi connectivity index (χ0v) is 16.0. The van der Waals surface area contributed by atoms with Gasteiger partial charge in [-0.25, -0.2) is 13.1 Å². The molecule has 0 aliphatic carbocycles. The Balaban J connectivity index is 2.17. The number of para-hydroxylation sites is 1. The second kappa shape index (κ2) is 9.63. The minimum atomic E-state index is -3.66. The Hall–Kier alpha value is -3.23. The summed E-state index contributed by atoms with van der Waals surface area (Å²) in [5.74, 6) is -0.808. The molecule has 0 aromatic heterocycles. The van der Waals surface area contributed by atoms with Gasteiger partial charge in [-0.05, 0) is 36.4 Å². The molecule has 2 aromatic carbocycles. The molecule has 0 unspecified atom stereocenters. The van der Waals surface area contributed by atoms with Crippen LogP contribution >= 0.6 is 0 Å². The highest BCUT2D eigenvalue weighted by Crippen LogP contribution is 2.17. The lowest BCUT2D eigenvalue weighted by atomic mass is 10.1. The lowest BCUT2D eigenvalue weighted by molar-refractivity contribution is 0.0959. The van der Waals surface area contributed by atoms with E-state index in [0.29, 0.717) is 17.8 Å². The van der Waals surface area contributed by atoms with Gasteiger partial charge in [0.1, 0.15) is 0 Å². The number of benzene rings is 2. The number of rotatable bonds is 9. The van der Waals surface area contributed by atoms with Gasteiger partial charge < -0.3 is 10.6 Å². The second-order valence-electron chi connectivity index (χ2n) is 5.66. The molecular weight excluding hydrogens is 378 g/mol. The number of sulfonamides is 1. The Bertz CT molecular complexity index is 983. The van der Waals surface area contributed by atoms with E-state index in [1.807, 2.05) is 0 Å². The van der Waals surface area contributed by atoms with Crippen LogP contribution in [0, 0.1) is 0 Å². The van der Waals surface area contributed by atoms with Crippen molar-refractivity contribution >= 4 is 27.5 Å². The fourth-order valence-corrected chi connectivity index (χ4v) is 3.28. The van der Waals surface area contributed by atoms with Crippen LogP contribution in [0.15, 0.2) is 78.7 Å². The summed E-state index contributed by atoms with van der Waals surface area (Å²) in [5, 5.41) is 5.33. The van der Waals surface area contributed by atoms with E-state index in [1.165, 1.54) is 30.3 Å². The summed E-state index contributed by atoms with van der Waals surface area (Å²) in [6.07, 6.45) is 2.99. The van der Waals surface area contributed by atoms with Gasteiger partial charge in [-0.3, -0.25) is 9.59 Å². The van der Waals surface area contributed by atoms with E-state index in [9.17, 15) is 18.0 Å². The van der Waals surface area contributed by atoms with Gasteiger partial charge in [0.15, 0.2) is 0 Å². The van der Waals surface area contributed by atoms with Crippen LogP contribution < -0.4 is 15.4 Å². The van der Waals surface area contributed by atoms with E-state index >= 15 is 0 Å². The van der Waals surface area contributed by atoms with Crippen molar-refractivity contribution in [2.75, 3.05) is 18.4 Å². The van der Waals surface area contributed by atoms with Crippen LogP contribution in [0.25, 0.3) is 0 Å². The molecule has 7 nitrogen and oxygen atoms in total. The van der Waals surface area contributed by atoms with E-state index in [1.54, 1.807) is 30.3 Å². The largest absolute Gasteiger partial charge is 0.349 e. The van der Waals surface area contributed by atoms with Gasteiger partial charge in [-0.15, -0.1) is 13.2 Å². The number of anilines is 1. The molecule has 2 rings (SSSR count). The third kappa shape index (κ3) is 5.38. The van der Waals surface area contributed by atoms with Crippen molar-refractivity contribution in [2.24, 2.45) is 0 Å². The summed E-state index contributed by atoms with van der Waals surface area (Å²) >= 11 is 0. The summed E-state index contributed by atoms with van der Waals surface area (Å²) in [4.78, 5) is 24.7. The SMILES string of the molecule is C=CCNC(=O)c1ccccc1NC(=O)c1ccc(S(=O)(=O)NCC=C)cc1. The smallest absolute Gasteiger partial charge is 0.255 e. The van der Waals surface area contributed by atoms with E-state index in [2.05, 4.69) is 28.5 Å². The van der Waals surface area contributed by atoms with E-state index in [-0.39, 0.29) is 22.9 Å². The van der Waals surface area contributed by atoms with Crippen LogP contribution in [0.2, 0.25) is 0 Å². The van der Waals surface area contributed by atoms with Gasteiger partial charge >= 0.3 is 0 Å². The molecule has 0 radical (unpaired) electrons. The molecule has 0 aliphatic rings. The van der Waals surface area contributed by atoms with Crippen LogP contribution in [0.4, 0.5) is 5.69 Å². The number of carbonyl (C=O) groups is 2. The van der Waals surface area contributed by atoms with Gasteiger partial charge in [-0.2, -0.15) is 0 Å². The van der Waals surface area contributed by atoms with Gasteiger partial charge in [0.2, 0.25) is 10.0 Å². The van der Waals surface area contributed by atoms with Crippen LogP contribution in [0.3, 0.4) is 0 Å². The lowest BCUT2D eigenvalue weighted by Gasteiger charge is -2.11. The van der Waals surface area contributed by atoms with Crippen molar-refractivity contribution < 1.29 is 18.0 Å². The van der Waals surface area contributed by atoms with Crippen molar-refractivity contribution in [1.82, 2.24) is 10.0 Å². The molecule has 0 spiro atoms. The second-order valence-corrected chi connectivity index (χ2v) is 7.43. The number of nitrogens with one attached hydrogen (secondary N) is 3. The molecule has 0 bridgehead atoms. The fraction of sp³-hybridized carbons (Fsp3) is 0.100. The number of hydrogen-bond acceptors (Lipinski definition) is 4. The number of amides is 2. The highest BCUT2D eigenvalue weighted by Gasteiger charge is 2.16. The average molecular weight is 399 g/mol. The molecule has 2 amide bonds. The lowest BCUT2D eigenvalue weighted by Crippen LogP contribution is -2.25. The number of carbonyl (C=O) groups excluding carboxylic acids is 2. The fourth-order valence-electron chi connectivity index (χ4n) is 2.28. The summed E-state index contributed by atoms with van der Waals surface area (Å²) in [7, 11) is -3.66. The molecule has 28 heavy (non-hydrogen) atoms. The van der Waals surface area contributed by atoms with Crippen LogP contribution in [0.1, 0.15) is 20.7 Å². The molecule has 0 heterocycles. The quantitative estimate of drug-likeness (QED) is 0.563. The molecule has 0 fully saturated rings. The van der Waals surface area contributed by atoms with Gasteiger partial charge in [-0.1, -0.05) is 24.3 Å². The zero-order valence-electron chi connectivity index (χ0n) is 15.1. The van der Waals surface area contributed by atoms with Crippen molar-refractivity contribution in [3.05, 3.63) is 85.0 Å². The monoisotopic (exact) mass is 399 g/mol. The third-order valence-corrected chi connectivity index (χ3v) is 5.11. The predicted octanol–water partition coefficient (Wildman–Crippen LogP) is 2.32. The first-order valence-corrected chi connectivity index (χ1v) is 9.87. The van der Waals surface area contributed by atoms with Gasteiger partial charge in [0.05, 0.1) is 16.1 Å². The molecule has 0 aliphatic heterocycles. The zero-order chi connectivity index (χ0) is 20.6. The Morgan fingerprint density at radius 3 is 2.18 bits per heavy atom. The maximum atomic E-state index is 12.5. The molecule has 0 saturated heterocycles. The normalized spacial score (nSPS) is 10.7. The third-order valence-electron chi connectivity index (χ3n) is 3.67. The Morgan fingerprint density at radius 1 is 0.893 bits per heavy atom. The first-order valence-electron chi connectivity index (χ1n) is 8.39. The Morgan fingerprint density at radius 2 is 1.54 bits per heavy atom. The van der Waals surface area contributed by atoms with Gasteiger partial charge in [0, 0.05) is 18.7 Å². The average Bonchev–Trinajstić information content (AvgIpc) is 2.71. The van der Waals surface area contributed by atoms with Crippen LogP contribution in [-0.4, -0.2) is 33.3 Å². The molecular formula is C20H21N3O4S.